The Labute approximate surface area is 101 Å². The fourth-order valence-corrected chi connectivity index (χ4v) is 2.05. The van der Waals surface area contributed by atoms with E-state index in [1.807, 2.05) is 12.1 Å². The molecule has 0 radical (unpaired) electrons. The molecular weight excluding hydrogens is 224 g/mol. The molecule has 0 aromatic heterocycles. The molecule has 0 spiro atoms. The van der Waals surface area contributed by atoms with Crippen molar-refractivity contribution < 1.29 is 14.6 Å². The second-order valence-corrected chi connectivity index (χ2v) is 4.60. The molecule has 0 saturated heterocycles. The van der Waals surface area contributed by atoms with E-state index in [0.29, 0.717) is 11.5 Å². The van der Waals surface area contributed by atoms with Crippen molar-refractivity contribution in [1.82, 2.24) is 0 Å². The molecule has 0 aliphatic heterocycles. The van der Waals surface area contributed by atoms with Gasteiger partial charge in [-0.15, -0.1) is 0 Å². The van der Waals surface area contributed by atoms with E-state index in [-0.39, 0.29) is 0 Å². The summed E-state index contributed by atoms with van der Waals surface area (Å²) in [6.07, 6.45) is -0.495. The summed E-state index contributed by atoms with van der Waals surface area (Å²) in [5, 5.41) is 9.99. The second kappa shape index (κ2) is 6.66. The SMILES string of the molecule is CCSCC(O)c1ccc(OC)cc1OC. The van der Waals surface area contributed by atoms with E-state index < -0.39 is 6.10 Å². The summed E-state index contributed by atoms with van der Waals surface area (Å²) in [7, 11) is 3.20. The molecule has 0 fully saturated rings. The first-order valence-electron chi connectivity index (χ1n) is 5.20. The summed E-state index contributed by atoms with van der Waals surface area (Å²) in [5.74, 6) is 3.08. The Bertz CT molecular complexity index is 328. The number of aliphatic hydroxyl groups is 1. The van der Waals surface area contributed by atoms with Crippen LogP contribution in [0.25, 0.3) is 0 Å². The summed E-state index contributed by atoms with van der Waals surface area (Å²) in [5.41, 5.74) is 0.809. The average molecular weight is 242 g/mol. The highest BCUT2D eigenvalue weighted by Crippen LogP contribution is 2.30. The molecule has 1 N–H and O–H groups in total. The Balaban J connectivity index is 2.85. The molecule has 0 amide bonds. The Kier molecular flexibility index (Phi) is 5.49. The molecule has 0 aliphatic carbocycles. The molecule has 3 nitrogen and oxygen atoms in total. The number of benzene rings is 1. The number of aliphatic hydroxyl groups excluding tert-OH is 1. The van der Waals surface area contributed by atoms with Crippen LogP contribution in [0.4, 0.5) is 0 Å². The van der Waals surface area contributed by atoms with Gasteiger partial charge in [-0.25, -0.2) is 0 Å². The third-order valence-corrected chi connectivity index (χ3v) is 3.24. The van der Waals surface area contributed by atoms with Gasteiger partial charge >= 0.3 is 0 Å². The average Bonchev–Trinajstić information content (AvgIpc) is 2.34. The van der Waals surface area contributed by atoms with Crippen LogP contribution in [0.2, 0.25) is 0 Å². The molecule has 1 rings (SSSR count). The molecule has 0 aliphatic rings. The summed E-state index contributed by atoms with van der Waals surface area (Å²) < 4.78 is 10.3. The van der Waals surface area contributed by atoms with Crippen LogP contribution in [0.5, 0.6) is 11.5 Å². The van der Waals surface area contributed by atoms with Crippen molar-refractivity contribution in [2.45, 2.75) is 13.0 Å². The van der Waals surface area contributed by atoms with Crippen LogP contribution < -0.4 is 9.47 Å². The number of ether oxygens (including phenoxy) is 2. The van der Waals surface area contributed by atoms with Crippen molar-refractivity contribution in [1.29, 1.82) is 0 Å². The molecule has 1 aromatic carbocycles. The molecular formula is C12H18O3S. The highest BCUT2D eigenvalue weighted by Gasteiger charge is 2.13. The van der Waals surface area contributed by atoms with Gasteiger partial charge in [0.25, 0.3) is 0 Å². The number of rotatable bonds is 6. The minimum Gasteiger partial charge on any atom is -0.497 e. The van der Waals surface area contributed by atoms with Gasteiger partial charge in [-0.05, 0) is 17.9 Å². The Morgan fingerprint density at radius 3 is 2.62 bits per heavy atom. The third kappa shape index (κ3) is 3.32. The monoisotopic (exact) mass is 242 g/mol. The predicted octanol–water partition coefficient (Wildman–Crippen LogP) is 2.49. The fraction of sp³-hybridized carbons (Fsp3) is 0.500. The maximum atomic E-state index is 9.99. The highest BCUT2D eigenvalue weighted by molar-refractivity contribution is 7.99. The van der Waals surface area contributed by atoms with Gasteiger partial charge in [0.1, 0.15) is 11.5 Å². The zero-order valence-corrected chi connectivity index (χ0v) is 10.7. The number of hydrogen-bond donors (Lipinski definition) is 1. The van der Waals surface area contributed by atoms with E-state index in [9.17, 15) is 5.11 Å². The maximum absolute atomic E-state index is 9.99. The second-order valence-electron chi connectivity index (χ2n) is 3.28. The van der Waals surface area contributed by atoms with Crippen LogP contribution in [0.15, 0.2) is 18.2 Å². The number of hydrogen-bond acceptors (Lipinski definition) is 4. The first-order valence-corrected chi connectivity index (χ1v) is 6.36. The van der Waals surface area contributed by atoms with E-state index in [1.54, 1.807) is 32.0 Å². The normalized spacial score (nSPS) is 12.2. The molecule has 0 bridgehead atoms. The smallest absolute Gasteiger partial charge is 0.128 e. The van der Waals surface area contributed by atoms with Crippen LogP contribution >= 0.6 is 11.8 Å². The first kappa shape index (κ1) is 13.2. The van der Waals surface area contributed by atoms with Crippen LogP contribution in [0.1, 0.15) is 18.6 Å². The minimum absolute atomic E-state index is 0.495. The number of methoxy groups -OCH3 is 2. The van der Waals surface area contributed by atoms with Gasteiger partial charge in [-0.3, -0.25) is 0 Å². The van der Waals surface area contributed by atoms with E-state index >= 15 is 0 Å². The lowest BCUT2D eigenvalue weighted by Gasteiger charge is -2.15. The van der Waals surface area contributed by atoms with Gasteiger partial charge in [0.2, 0.25) is 0 Å². The zero-order valence-electron chi connectivity index (χ0n) is 9.90. The van der Waals surface area contributed by atoms with Crippen molar-refractivity contribution in [2.75, 3.05) is 25.7 Å². The zero-order chi connectivity index (χ0) is 12.0. The lowest BCUT2D eigenvalue weighted by atomic mass is 10.1. The summed E-state index contributed by atoms with van der Waals surface area (Å²) in [6, 6.07) is 5.46. The summed E-state index contributed by atoms with van der Waals surface area (Å²) >= 11 is 1.70. The predicted molar refractivity (Wildman–Crippen MR) is 67.5 cm³/mol. The topological polar surface area (TPSA) is 38.7 Å². The lowest BCUT2D eigenvalue weighted by Crippen LogP contribution is -2.03. The van der Waals surface area contributed by atoms with Crippen LogP contribution in [-0.2, 0) is 0 Å². The van der Waals surface area contributed by atoms with Gasteiger partial charge in [-0.2, -0.15) is 11.8 Å². The van der Waals surface area contributed by atoms with E-state index in [4.69, 9.17) is 9.47 Å². The van der Waals surface area contributed by atoms with E-state index in [1.165, 1.54) is 0 Å². The molecule has 1 atom stereocenters. The van der Waals surface area contributed by atoms with Gasteiger partial charge in [0.05, 0.1) is 20.3 Å². The highest BCUT2D eigenvalue weighted by atomic mass is 32.2. The van der Waals surface area contributed by atoms with Gasteiger partial charge in [0.15, 0.2) is 0 Å². The fourth-order valence-electron chi connectivity index (χ4n) is 1.41. The van der Waals surface area contributed by atoms with Gasteiger partial charge in [-0.1, -0.05) is 6.92 Å². The third-order valence-electron chi connectivity index (χ3n) is 2.28. The van der Waals surface area contributed by atoms with Gasteiger partial charge in [0, 0.05) is 17.4 Å². The maximum Gasteiger partial charge on any atom is 0.128 e. The van der Waals surface area contributed by atoms with E-state index in [2.05, 4.69) is 6.92 Å². The summed E-state index contributed by atoms with van der Waals surface area (Å²) in [4.78, 5) is 0. The van der Waals surface area contributed by atoms with Crippen molar-refractivity contribution >= 4 is 11.8 Å². The van der Waals surface area contributed by atoms with Crippen molar-refractivity contribution in [3.05, 3.63) is 23.8 Å². The minimum atomic E-state index is -0.495. The Morgan fingerprint density at radius 2 is 2.06 bits per heavy atom. The van der Waals surface area contributed by atoms with Crippen molar-refractivity contribution in [2.24, 2.45) is 0 Å². The van der Waals surface area contributed by atoms with Crippen molar-refractivity contribution in [3.8, 4) is 11.5 Å². The molecule has 0 heterocycles. The molecule has 4 heteroatoms. The summed E-state index contributed by atoms with van der Waals surface area (Å²) in [6.45, 7) is 2.07. The van der Waals surface area contributed by atoms with E-state index in [0.717, 1.165) is 17.1 Å². The standard InChI is InChI=1S/C12H18O3S/c1-4-16-8-11(13)10-6-5-9(14-2)7-12(10)15-3/h5-7,11,13H,4,8H2,1-3H3. The molecule has 1 unspecified atom stereocenters. The molecule has 16 heavy (non-hydrogen) atoms. The van der Waals surface area contributed by atoms with Crippen LogP contribution in [-0.4, -0.2) is 30.8 Å². The number of thioether (sulfide) groups is 1. The molecule has 0 saturated carbocycles. The quantitative estimate of drug-likeness (QED) is 0.832. The van der Waals surface area contributed by atoms with Gasteiger partial charge < -0.3 is 14.6 Å². The Morgan fingerprint density at radius 1 is 1.31 bits per heavy atom. The largest absolute Gasteiger partial charge is 0.497 e. The molecule has 1 aromatic rings. The first-order chi connectivity index (χ1) is 7.72. The van der Waals surface area contributed by atoms with Crippen LogP contribution in [0, 0.1) is 0 Å². The Hall–Kier alpha value is -0.870. The molecule has 90 valence electrons. The van der Waals surface area contributed by atoms with Crippen LogP contribution in [0.3, 0.4) is 0 Å². The van der Waals surface area contributed by atoms with Crippen molar-refractivity contribution in [3.63, 3.8) is 0 Å². The lowest BCUT2D eigenvalue weighted by molar-refractivity contribution is 0.199.